The largest absolute Gasteiger partial charge is 0.388 e. The van der Waals surface area contributed by atoms with Gasteiger partial charge in [0, 0.05) is 56.9 Å². The number of aryl methyl sites for hydroxylation is 1. The zero-order valence-corrected chi connectivity index (χ0v) is 18.0. The Labute approximate surface area is 173 Å². The molecule has 3 heterocycles. The molecule has 1 aromatic rings. The molecule has 2 aliphatic rings. The Hall–Kier alpha value is -1.93. The Morgan fingerprint density at radius 1 is 1.24 bits per heavy atom. The van der Waals surface area contributed by atoms with Crippen LogP contribution in [0.1, 0.15) is 67.7 Å². The van der Waals surface area contributed by atoms with Gasteiger partial charge in [-0.2, -0.15) is 5.10 Å². The Morgan fingerprint density at radius 2 is 1.97 bits per heavy atom. The van der Waals surface area contributed by atoms with E-state index in [9.17, 15) is 14.7 Å². The van der Waals surface area contributed by atoms with E-state index in [4.69, 9.17) is 0 Å². The van der Waals surface area contributed by atoms with Crippen molar-refractivity contribution < 1.29 is 14.7 Å². The smallest absolute Gasteiger partial charge is 0.274 e. The van der Waals surface area contributed by atoms with Crippen LogP contribution in [0.2, 0.25) is 0 Å². The molecule has 0 aromatic carbocycles. The fraction of sp³-hybridized carbons (Fsp3) is 0.762. The van der Waals surface area contributed by atoms with Crippen LogP contribution in [0.5, 0.6) is 0 Å². The summed E-state index contributed by atoms with van der Waals surface area (Å²) in [5.74, 6) is -0.0207. The number of H-pyrrole nitrogens is 1. The van der Waals surface area contributed by atoms with Gasteiger partial charge in [-0.3, -0.25) is 14.7 Å². The fourth-order valence-electron chi connectivity index (χ4n) is 4.62. The highest BCUT2D eigenvalue weighted by molar-refractivity contribution is 5.94. The molecule has 29 heavy (non-hydrogen) atoms. The first-order valence-corrected chi connectivity index (χ1v) is 10.9. The Bertz CT molecular complexity index is 726. The normalized spacial score (nSPS) is 24.3. The van der Waals surface area contributed by atoms with E-state index >= 15 is 0 Å². The summed E-state index contributed by atoms with van der Waals surface area (Å²) in [7, 11) is 0. The quantitative estimate of drug-likeness (QED) is 0.684. The molecule has 0 aliphatic carbocycles. The fourth-order valence-corrected chi connectivity index (χ4v) is 4.62. The van der Waals surface area contributed by atoms with Gasteiger partial charge in [0.1, 0.15) is 0 Å². The van der Waals surface area contributed by atoms with Gasteiger partial charge in [-0.05, 0) is 45.4 Å². The maximum absolute atomic E-state index is 12.9. The molecule has 2 amide bonds. The van der Waals surface area contributed by atoms with Gasteiger partial charge in [0.15, 0.2) is 5.69 Å². The lowest BCUT2D eigenvalue weighted by molar-refractivity contribution is -0.120. The number of aromatic nitrogens is 2. The van der Waals surface area contributed by atoms with Crippen LogP contribution < -0.4 is 5.32 Å². The van der Waals surface area contributed by atoms with Crippen molar-refractivity contribution >= 4 is 11.8 Å². The number of rotatable bonds is 5. The van der Waals surface area contributed by atoms with E-state index in [0.717, 1.165) is 50.0 Å². The Morgan fingerprint density at radius 3 is 2.59 bits per heavy atom. The molecule has 162 valence electrons. The van der Waals surface area contributed by atoms with E-state index in [1.165, 1.54) is 0 Å². The van der Waals surface area contributed by atoms with Crippen molar-refractivity contribution in [2.45, 2.75) is 70.9 Å². The molecule has 3 rings (SSSR count). The second-order valence-corrected chi connectivity index (χ2v) is 8.65. The lowest BCUT2D eigenvalue weighted by Gasteiger charge is -2.38. The van der Waals surface area contributed by atoms with E-state index < -0.39 is 5.60 Å². The predicted molar refractivity (Wildman–Crippen MR) is 111 cm³/mol. The Balaban J connectivity index is 1.54. The third kappa shape index (κ3) is 5.36. The lowest BCUT2D eigenvalue weighted by Crippen LogP contribution is -2.50. The first-order valence-electron chi connectivity index (χ1n) is 10.9. The molecule has 8 heteroatoms. The second-order valence-electron chi connectivity index (χ2n) is 8.65. The van der Waals surface area contributed by atoms with E-state index in [0.29, 0.717) is 38.2 Å². The van der Waals surface area contributed by atoms with Gasteiger partial charge < -0.3 is 20.2 Å². The van der Waals surface area contributed by atoms with Gasteiger partial charge in [-0.15, -0.1) is 0 Å². The van der Waals surface area contributed by atoms with Gasteiger partial charge in [-0.1, -0.05) is 6.92 Å². The summed E-state index contributed by atoms with van der Waals surface area (Å²) in [5.41, 5.74) is 1.67. The van der Waals surface area contributed by atoms with Gasteiger partial charge in [0.25, 0.3) is 5.91 Å². The van der Waals surface area contributed by atoms with Gasteiger partial charge in [-0.25, -0.2) is 0 Å². The summed E-state index contributed by atoms with van der Waals surface area (Å²) in [4.78, 5) is 28.3. The number of amides is 2. The minimum absolute atomic E-state index is 0.0220. The summed E-state index contributed by atoms with van der Waals surface area (Å²) < 4.78 is 0. The maximum atomic E-state index is 12.9. The number of hydrogen-bond acceptors (Lipinski definition) is 5. The molecule has 1 unspecified atom stereocenters. The molecule has 2 fully saturated rings. The number of carbonyl (C=O) groups excluding carboxylic acids is 2. The van der Waals surface area contributed by atoms with Gasteiger partial charge >= 0.3 is 0 Å². The minimum atomic E-state index is -0.773. The minimum Gasteiger partial charge on any atom is -0.388 e. The standard InChI is InChI=1S/C21H35N5O3/c1-4-18-15(2)19(24-23-18)20(28)26-10-5-8-21(29,9-13-26)14-25-11-6-17(7-12-25)22-16(3)27/h17,29H,4-14H2,1-3H3,(H,22,27)(H,23,24). The summed E-state index contributed by atoms with van der Waals surface area (Å²) >= 11 is 0. The van der Waals surface area contributed by atoms with E-state index in [1.807, 2.05) is 18.7 Å². The molecular weight excluding hydrogens is 370 g/mol. The molecule has 1 atom stereocenters. The first-order chi connectivity index (χ1) is 13.8. The van der Waals surface area contributed by atoms with E-state index in [-0.39, 0.29) is 17.9 Å². The number of aromatic amines is 1. The molecule has 2 aliphatic heterocycles. The van der Waals surface area contributed by atoms with Gasteiger partial charge in [0.2, 0.25) is 5.91 Å². The molecule has 0 radical (unpaired) electrons. The van der Waals surface area contributed by atoms with Crippen molar-refractivity contribution in [2.75, 3.05) is 32.7 Å². The highest BCUT2D eigenvalue weighted by atomic mass is 16.3. The maximum Gasteiger partial charge on any atom is 0.274 e. The van der Waals surface area contributed by atoms with Crippen LogP contribution in [-0.4, -0.2) is 81.3 Å². The van der Waals surface area contributed by atoms with Crippen molar-refractivity contribution in [1.29, 1.82) is 0 Å². The number of β-amino-alcohol motifs (C(OH)–C–C–N with tert-alkyl or cyclic N) is 1. The number of piperidine rings is 1. The van der Waals surface area contributed by atoms with Crippen LogP contribution in [0.25, 0.3) is 0 Å². The molecule has 0 bridgehead atoms. The van der Waals surface area contributed by atoms with Crippen LogP contribution in [0, 0.1) is 6.92 Å². The molecule has 2 saturated heterocycles. The van der Waals surface area contributed by atoms with Crippen molar-refractivity contribution in [3.8, 4) is 0 Å². The SMILES string of the molecule is CCc1[nH]nc(C(=O)N2CCCC(O)(CN3CCC(NC(C)=O)CC3)CC2)c1C. The summed E-state index contributed by atoms with van der Waals surface area (Å²) in [5, 5.41) is 21.4. The lowest BCUT2D eigenvalue weighted by atomic mass is 9.93. The third-order valence-corrected chi connectivity index (χ3v) is 6.38. The van der Waals surface area contributed by atoms with Crippen LogP contribution in [0.3, 0.4) is 0 Å². The number of hydrogen-bond donors (Lipinski definition) is 3. The molecule has 0 spiro atoms. The topological polar surface area (TPSA) is 102 Å². The van der Waals surface area contributed by atoms with E-state index in [1.54, 1.807) is 6.92 Å². The van der Waals surface area contributed by atoms with Crippen molar-refractivity contribution in [2.24, 2.45) is 0 Å². The summed E-state index contributed by atoms with van der Waals surface area (Å²) in [6.45, 7) is 9.12. The number of nitrogens with zero attached hydrogens (tertiary/aromatic N) is 3. The van der Waals surface area contributed by atoms with Crippen LogP contribution >= 0.6 is 0 Å². The first kappa shape index (κ1) is 21.8. The van der Waals surface area contributed by atoms with Crippen LogP contribution in [-0.2, 0) is 11.2 Å². The van der Waals surface area contributed by atoms with Crippen LogP contribution in [0.4, 0.5) is 0 Å². The number of carbonyl (C=O) groups is 2. The third-order valence-electron chi connectivity index (χ3n) is 6.38. The molecule has 0 saturated carbocycles. The Kier molecular flexibility index (Phi) is 6.95. The molecule has 8 nitrogen and oxygen atoms in total. The van der Waals surface area contributed by atoms with Crippen LogP contribution in [0.15, 0.2) is 0 Å². The number of likely N-dealkylation sites (tertiary alicyclic amines) is 2. The van der Waals surface area contributed by atoms with Gasteiger partial charge in [0.05, 0.1) is 5.60 Å². The highest BCUT2D eigenvalue weighted by Gasteiger charge is 2.35. The monoisotopic (exact) mass is 405 g/mol. The van der Waals surface area contributed by atoms with Crippen molar-refractivity contribution in [3.63, 3.8) is 0 Å². The predicted octanol–water partition coefficient (Wildman–Crippen LogP) is 1.24. The molecule has 1 aromatic heterocycles. The zero-order chi connectivity index (χ0) is 21.0. The molecular formula is C21H35N5O3. The highest BCUT2D eigenvalue weighted by Crippen LogP contribution is 2.26. The summed E-state index contributed by atoms with van der Waals surface area (Å²) in [6, 6.07) is 0.241. The summed E-state index contributed by atoms with van der Waals surface area (Å²) in [6.07, 6.45) is 4.72. The average molecular weight is 406 g/mol. The average Bonchev–Trinajstić information content (AvgIpc) is 2.94. The van der Waals surface area contributed by atoms with E-state index in [2.05, 4.69) is 20.4 Å². The van der Waals surface area contributed by atoms with Crippen molar-refractivity contribution in [3.05, 3.63) is 17.0 Å². The number of nitrogens with one attached hydrogen (secondary N) is 2. The molecule has 3 N–H and O–H groups in total. The van der Waals surface area contributed by atoms with Crippen molar-refractivity contribution in [1.82, 2.24) is 25.3 Å². The second kappa shape index (κ2) is 9.26. The zero-order valence-electron chi connectivity index (χ0n) is 18.0. The number of aliphatic hydroxyl groups is 1.